The quantitative estimate of drug-likeness (QED) is 0.663. The van der Waals surface area contributed by atoms with Crippen molar-refractivity contribution in [2.75, 3.05) is 0 Å². The fourth-order valence-electron chi connectivity index (χ4n) is 3.76. The van der Waals surface area contributed by atoms with Gasteiger partial charge in [0.15, 0.2) is 5.78 Å². The minimum atomic E-state index is -0.000766. The van der Waals surface area contributed by atoms with E-state index in [0.717, 1.165) is 45.2 Å². The van der Waals surface area contributed by atoms with Gasteiger partial charge in [-0.05, 0) is 37.8 Å². The highest BCUT2D eigenvalue weighted by molar-refractivity contribution is 6.19. The molecule has 4 rings (SSSR count). The summed E-state index contributed by atoms with van der Waals surface area (Å²) in [5.74, 6) is 0.228. The van der Waals surface area contributed by atoms with Crippen LogP contribution >= 0.6 is 0 Å². The van der Waals surface area contributed by atoms with Crippen LogP contribution in [0.1, 0.15) is 47.6 Å². The number of hydrogen-bond donors (Lipinski definition) is 1. The molecule has 0 fully saturated rings. The number of carbonyl (C=O) groups excluding carboxylic acids is 1. The molecule has 0 aliphatic heterocycles. The smallest absolute Gasteiger partial charge is 0.165 e. The summed E-state index contributed by atoms with van der Waals surface area (Å²) >= 11 is 0. The molecular formula is C19H20N2O. The zero-order valence-electron chi connectivity index (χ0n) is 13.5. The molecular weight excluding hydrogens is 272 g/mol. The number of nitrogens with zero attached hydrogens (tertiary/aromatic N) is 1. The Morgan fingerprint density at radius 3 is 2.73 bits per heavy atom. The number of aromatic amines is 1. The van der Waals surface area contributed by atoms with Crippen LogP contribution in [0.5, 0.6) is 0 Å². The third kappa shape index (κ3) is 1.81. The van der Waals surface area contributed by atoms with Crippen LogP contribution in [0.4, 0.5) is 0 Å². The van der Waals surface area contributed by atoms with E-state index in [1.165, 1.54) is 5.56 Å². The number of benzene rings is 1. The molecule has 0 radical (unpaired) electrons. The number of pyridine rings is 1. The van der Waals surface area contributed by atoms with Crippen molar-refractivity contribution in [3.8, 4) is 0 Å². The Morgan fingerprint density at radius 1 is 1.18 bits per heavy atom. The molecule has 3 nitrogen and oxygen atoms in total. The lowest BCUT2D eigenvalue weighted by Gasteiger charge is -2.30. The molecule has 0 unspecified atom stereocenters. The van der Waals surface area contributed by atoms with Crippen LogP contribution < -0.4 is 0 Å². The fraction of sp³-hybridized carbons (Fsp3) is 0.368. The lowest BCUT2D eigenvalue weighted by Crippen LogP contribution is -2.28. The first-order valence-electron chi connectivity index (χ1n) is 7.80. The summed E-state index contributed by atoms with van der Waals surface area (Å²) in [5.41, 5.74) is 6.09. The maximum atomic E-state index is 12.8. The lowest BCUT2D eigenvalue weighted by atomic mass is 9.74. The number of nitrogens with one attached hydrogen (secondary N) is 1. The standard InChI is InChI=1S/C19H20N2O/c1-10-5-6-13-12(7-10)16-17-14(20-11(2)18(16)21-13)8-19(3,4)9-15(17)22/h5-7,21H,8-9H2,1-4H3. The molecule has 1 aliphatic rings. The average molecular weight is 292 g/mol. The minimum Gasteiger partial charge on any atom is -0.353 e. The van der Waals surface area contributed by atoms with Gasteiger partial charge in [0.05, 0.1) is 16.9 Å². The summed E-state index contributed by atoms with van der Waals surface area (Å²) < 4.78 is 0. The van der Waals surface area contributed by atoms with Crippen LogP contribution in [0.2, 0.25) is 0 Å². The predicted octanol–water partition coefficient (Wildman–Crippen LogP) is 4.49. The molecule has 2 heterocycles. The van der Waals surface area contributed by atoms with Crippen LogP contribution in [-0.4, -0.2) is 15.8 Å². The number of carbonyl (C=O) groups is 1. The number of Topliss-reactive ketones (excluding diaryl/α,β-unsaturated/α-hetero) is 1. The van der Waals surface area contributed by atoms with Gasteiger partial charge in [0, 0.05) is 28.3 Å². The summed E-state index contributed by atoms with van der Waals surface area (Å²) in [6.07, 6.45) is 1.46. The van der Waals surface area contributed by atoms with Crippen molar-refractivity contribution in [1.29, 1.82) is 0 Å². The van der Waals surface area contributed by atoms with Crippen LogP contribution in [0.3, 0.4) is 0 Å². The zero-order valence-corrected chi connectivity index (χ0v) is 13.5. The van der Waals surface area contributed by atoms with Gasteiger partial charge >= 0.3 is 0 Å². The molecule has 0 amide bonds. The normalized spacial score (nSPS) is 17.2. The van der Waals surface area contributed by atoms with Crippen LogP contribution in [0, 0.1) is 19.3 Å². The Balaban J connectivity index is 2.18. The largest absolute Gasteiger partial charge is 0.353 e. The van der Waals surface area contributed by atoms with Crippen LogP contribution in [0.15, 0.2) is 18.2 Å². The molecule has 2 aromatic heterocycles. The van der Waals surface area contributed by atoms with Gasteiger partial charge in [-0.2, -0.15) is 0 Å². The van der Waals surface area contributed by atoms with Gasteiger partial charge in [-0.25, -0.2) is 0 Å². The second-order valence-corrected chi connectivity index (χ2v) is 7.38. The zero-order chi connectivity index (χ0) is 15.6. The van der Waals surface area contributed by atoms with E-state index in [4.69, 9.17) is 4.98 Å². The van der Waals surface area contributed by atoms with E-state index in [9.17, 15) is 4.79 Å². The number of ketones is 1. The Bertz CT molecular complexity index is 947. The van der Waals surface area contributed by atoms with E-state index >= 15 is 0 Å². The highest BCUT2D eigenvalue weighted by Gasteiger charge is 2.34. The number of hydrogen-bond acceptors (Lipinski definition) is 2. The van der Waals surface area contributed by atoms with Crippen molar-refractivity contribution in [1.82, 2.24) is 9.97 Å². The monoisotopic (exact) mass is 292 g/mol. The van der Waals surface area contributed by atoms with Crippen molar-refractivity contribution >= 4 is 27.6 Å². The number of H-pyrrole nitrogens is 1. The fourth-order valence-corrected chi connectivity index (χ4v) is 3.76. The van der Waals surface area contributed by atoms with Crippen molar-refractivity contribution in [2.45, 2.75) is 40.5 Å². The first kappa shape index (κ1) is 13.5. The van der Waals surface area contributed by atoms with Gasteiger partial charge < -0.3 is 4.98 Å². The van der Waals surface area contributed by atoms with E-state index < -0.39 is 0 Å². The molecule has 1 N–H and O–H groups in total. The van der Waals surface area contributed by atoms with Gasteiger partial charge in [0.1, 0.15) is 0 Å². The Kier molecular flexibility index (Phi) is 2.57. The number of rotatable bonds is 0. The van der Waals surface area contributed by atoms with Gasteiger partial charge in [0.25, 0.3) is 0 Å². The molecule has 1 aliphatic carbocycles. The van der Waals surface area contributed by atoms with Crippen molar-refractivity contribution < 1.29 is 4.79 Å². The Labute approximate surface area is 129 Å². The van der Waals surface area contributed by atoms with Crippen molar-refractivity contribution in [3.05, 3.63) is 40.7 Å². The highest BCUT2D eigenvalue weighted by atomic mass is 16.1. The third-order valence-electron chi connectivity index (χ3n) is 4.72. The van der Waals surface area contributed by atoms with E-state index in [-0.39, 0.29) is 11.2 Å². The van der Waals surface area contributed by atoms with Gasteiger partial charge in [-0.3, -0.25) is 9.78 Å². The summed E-state index contributed by atoms with van der Waals surface area (Å²) in [7, 11) is 0. The summed E-state index contributed by atoms with van der Waals surface area (Å²) in [4.78, 5) is 21.0. The average Bonchev–Trinajstić information content (AvgIpc) is 2.76. The van der Waals surface area contributed by atoms with E-state index in [0.29, 0.717) is 6.42 Å². The minimum absolute atomic E-state index is 0.000766. The summed E-state index contributed by atoms with van der Waals surface area (Å²) in [6.45, 7) is 8.41. The van der Waals surface area contributed by atoms with E-state index in [2.05, 4.69) is 44.0 Å². The number of aromatic nitrogens is 2. The summed E-state index contributed by atoms with van der Waals surface area (Å²) in [5, 5.41) is 2.21. The van der Waals surface area contributed by atoms with Crippen molar-refractivity contribution in [3.63, 3.8) is 0 Å². The number of fused-ring (bicyclic) bond motifs is 5. The third-order valence-corrected chi connectivity index (χ3v) is 4.72. The van der Waals surface area contributed by atoms with Crippen molar-refractivity contribution in [2.24, 2.45) is 5.41 Å². The molecule has 0 saturated heterocycles. The van der Waals surface area contributed by atoms with Crippen LogP contribution in [-0.2, 0) is 6.42 Å². The molecule has 0 saturated carbocycles. The maximum Gasteiger partial charge on any atom is 0.165 e. The molecule has 0 spiro atoms. The molecule has 3 heteroatoms. The van der Waals surface area contributed by atoms with E-state index in [1.54, 1.807) is 0 Å². The Hall–Kier alpha value is -2.16. The highest BCUT2D eigenvalue weighted by Crippen LogP contribution is 2.40. The molecule has 3 aromatic rings. The van der Waals surface area contributed by atoms with Gasteiger partial charge in [-0.15, -0.1) is 0 Å². The van der Waals surface area contributed by atoms with Gasteiger partial charge in [0.2, 0.25) is 0 Å². The first-order valence-corrected chi connectivity index (χ1v) is 7.80. The SMILES string of the molecule is Cc1ccc2[nH]c3c(C)nc4c(c3c2c1)C(=O)CC(C)(C)C4. The Morgan fingerprint density at radius 2 is 1.95 bits per heavy atom. The first-order chi connectivity index (χ1) is 10.4. The molecule has 112 valence electrons. The lowest BCUT2D eigenvalue weighted by molar-refractivity contribution is 0.0912. The molecule has 0 bridgehead atoms. The molecule has 1 aromatic carbocycles. The molecule has 22 heavy (non-hydrogen) atoms. The predicted molar refractivity (Wildman–Crippen MR) is 89.5 cm³/mol. The summed E-state index contributed by atoms with van der Waals surface area (Å²) in [6, 6.07) is 6.35. The topological polar surface area (TPSA) is 45.8 Å². The maximum absolute atomic E-state index is 12.8. The second kappa shape index (κ2) is 4.19. The number of aryl methyl sites for hydroxylation is 2. The second-order valence-electron chi connectivity index (χ2n) is 7.38. The van der Waals surface area contributed by atoms with Gasteiger partial charge in [-0.1, -0.05) is 25.5 Å². The van der Waals surface area contributed by atoms with Crippen LogP contribution in [0.25, 0.3) is 21.8 Å². The van der Waals surface area contributed by atoms with E-state index in [1.807, 2.05) is 6.92 Å². The molecule has 0 atom stereocenters.